The molecule has 0 aliphatic heterocycles. The molecule has 1 aromatic rings. The van der Waals surface area contributed by atoms with Crippen molar-refractivity contribution in [3.63, 3.8) is 0 Å². The lowest BCUT2D eigenvalue weighted by Crippen LogP contribution is -1.94. The Kier molecular flexibility index (Phi) is 2.99. The fourth-order valence-corrected chi connectivity index (χ4v) is 1.45. The Morgan fingerprint density at radius 3 is 2.50 bits per heavy atom. The summed E-state index contributed by atoms with van der Waals surface area (Å²) in [7, 11) is 1.68. The van der Waals surface area contributed by atoms with E-state index in [0.717, 1.165) is 11.3 Å². The zero-order valence-corrected chi connectivity index (χ0v) is 8.40. The molecule has 0 spiro atoms. The van der Waals surface area contributed by atoms with Crippen LogP contribution in [0.5, 0.6) is 5.75 Å². The van der Waals surface area contributed by atoms with E-state index in [-0.39, 0.29) is 0 Å². The van der Waals surface area contributed by atoms with E-state index in [2.05, 4.69) is 13.0 Å². The van der Waals surface area contributed by atoms with E-state index in [1.54, 1.807) is 7.11 Å². The molecule has 0 bridgehead atoms. The lowest BCUT2D eigenvalue weighted by Gasteiger charge is -2.11. The molecular weight excluding hydrogens is 172 g/mol. The highest BCUT2D eigenvalue weighted by molar-refractivity contribution is 6.17. The Labute approximate surface area is 78.3 Å². The van der Waals surface area contributed by atoms with E-state index >= 15 is 0 Å². The lowest BCUT2D eigenvalue weighted by atomic mass is 10.1. The Bertz CT molecular complexity index is 281. The van der Waals surface area contributed by atoms with Crippen molar-refractivity contribution in [2.45, 2.75) is 19.7 Å². The summed E-state index contributed by atoms with van der Waals surface area (Å²) in [6, 6.07) is 4.07. The minimum absolute atomic E-state index is 0.504. The van der Waals surface area contributed by atoms with Gasteiger partial charge in [-0.05, 0) is 25.0 Å². The SMILES string of the molecule is COc1c(CCl)ccc(C)c1C. The first-order valence-corrected chi connectivity index (χ1v) is 4.43. The van der Waals surface area contributed by atoms with Crippen LogP contribution < -0.4 is 4.74 Å². The quantitative estimate of drug-likeness (QED) is 0.642. The number of rotatable bonds is 2. The molecule has 0 atom stereocenters. The fraction of sp³-hybridized carbons (Fsp3) is 0.400. The molecular formula is C10H13ClO. The van der Waals surface area contributed by atoms with Crippen molar-refractivity contribution in [3.8, 4) is 5.75 Å². The molecule has 0 aromatic heterocycles. The van der Waals surface area contributed by atoms with E-state index in [9.17, 15) is 0 Å². The van der Waals surface area contributed by atoms with Gasteiger partial charge in [-0.15, -0.1) is 11.6 Å². The Morgan fingerprint density at radius 1 is 1.33 bits per heavy atom. The number of methoxy groups -OCH3 is 1. The van der Waals surface area contributed by atoms with Gasteiger partial charge in [-0.1, -0.05) is 12.1 Å². The second-order valence-corrected chi connectivity index (χ2v) is 3.10. The summed E-state index contributed by atoms with van der Waals surface area (Å²) in [5.41, 5.74) is 3.47. The Hall–Kier alpha value is -0.690. The molecule has 0 heterocycles. The first-order chi connectivity index (χ1) is 5.70. The Balaban J connectivity index is 3.25. The van der Waals surface area contributed by atoms with Crippen LogP contribution in [0.15, 0.2) is 12.1 Å². The van der Waals surface area contributed by atoms with Crippen LogP contribution in [0.1, 0.15) is 16.7 Å². The van der Waals surface area contributed by atoms with Gasteiger partial charge in [-0.3, -0.25) is 0 Å². The molecule has 1 nitrogen and oxygen atoms in total. The molecule has 2 heteroatoms. The van der Waals surface area contributed by atoms with Gasteiger partial charge in [0.25, 0.3) is 0 Å². The summed E-state index contributed by atoms with van der Waals surface area (Å²) >= 11 is 5.76. The number of hydrogen-bond acceptors (Lipinski definition) is 1. The number of alkyl halides is 1. The molecule has 0 fully saturated rings. The van der Waals surface area contributed by atoms with Crippen LogP contribution in [-0.4, -0.2) is 7.11 Å². The van der Waals surface area contributed by atoms with Gasteiger partial charge in [-0.25, -0.2) is 0 Å². The number of halogens is 1. The summed E-state index contributed by atoms with van der Waals surface area (Å²) < 4.78 is 5.26. The average Bonchev–Trinajstić information content (AvgIpc) is 2.09. The molecule has 66 valence electrons. The van der Waals surface area contributed by atoms with Crippen molar-refractivity contribution in [2.75, 3.05) is 7.11 Å². The lowest BCUT2D eigenvalue weighted by molar-refractivity contribution is 0.407. The van der Waals surface area contributed by atoms with Crippen LogP contribution in [-0.2, 0) is 5.88 Å². The van der Waals surface area contributed by atoms with Crippen LogP contribution in [0.25, 0.3) is 0 Å². The van der Waals surface area contributed by atoms with Gasteiger partial charge in [-0.2, -0.15) is 0 Å². The summed E-state index contributed by atoms with van der Waals surface area (Å²) in [6.45, 7) is 4.11. The largest absolute Gasteiger partial charge is 0.496 e. The standard InChI is InChI=1S/C10H13ClO/c1-7-4-5-9(6-11)10(12-3)8(7)2/h4-5H,6H2,1-3H3. The van der Waals surface area contributed by atoms with Crippen molar-refractivity contribution >= 4 is 11.6 Å². The van der Waals surface area contributed by atoms with Gasteiger partial charge in [0.15, 0.2) is 0 Å². The van der Waals surface area contributed by atoms with E-state index in [1.807, 2.05) is 13.0 Å². The van der Waals surface area contributed by atoms with Gasteiger partial charge in [0, 0.05) is 5.56 Å². The minimum Gasteiger partial charge on any atom is -0.496 e. The van der Waals surface area contributed by atoms with Crippen LogP contribution in [0, 0.1) is 13.8 Å². The average molecular weight is 185 g/mol. The van der Waals surface area contributed by atoms with Crippen LogP contribution in [0.2, 0.25) is 0 Å². The topological polar surface area (TPSA) is 9.23 Å². The second kappa shape index (κ2) is 3.81. The molecule has 0 unspecified atom stereocenters. The third kappa shape index (κ3) is 1.56. The summed E-state index contributed by atoms with van der Waals surface area (Å²) in [6.07, 6.45) is 0. The van der Waals surface area contributed by atoms with Crippen molar-refractivity contribution in [1.29, 1.82) is 0 Å². The van der Waals surface area contributed by atoms with Gasteiger partial charge in [0.2, 0.25) is 0 Å². The first-order valence-electron chi connectivity index (χ1n) is 3.89. The monoisotopic (exact) mass is 184 g/mol. The highest BCUT2D eigenvalue weighted by atomic mass is 35.5. The molecule has 0 N–H and O–H groups in total. The van der Waals surface area contributed by atoms with Crippen LogP contribution in [0.3, 0.4) is 0 Å². The molecule has 0 amide bonds. The fourth-order valence-electron chi connectivity index (χ4n) is 1.24. The maximum atomic E-state index is 5.76. The molecule has 0 saturated heterocycles. The predicted molar refractivity (Wildman–Crippen MR) is 52.0 cm³/mol. The molecule has 0 saturated carbocycles. The number of aryl methyl sites for hydroxylation is 1. The summed E-state index contributed by atoms with van der Waals surface area (Å²) in [4.78, 5) is 0. The van der Waals surface area contributed by atoms with Crippen molar-refractivity contribution in [2.24, 2.45) is 0 Å². The smallest absolute Gasteiger partial charge is 0.126 e. The van der Waals surface area contributed by atoms with E-state index in [1.165, 1.54) is 11.1 Å². The minimum atomic E-state index is 0.504. The van der Waals surface area contributed by atoms with Crippen molar-refractivity contribution in [3.05, 3.63) is 28.8 Å². The van der Waals surface area contributed by atoms with E-state index in [0.29, 0.717) is 5.88 Å². The van der Waals surface area contributed by atoms with E-state index < -0.39 is 0 Å². The molecule has 1 rings (SSSR count). The zero-order valence-electron chi connectivity index (χ0n) is 7.65. The summed E-state index contributed by atoms with van der Waals surface area (Å²) in [5.74, 6) is 1.43. The summed E-state index contributed by atoms with van der Waals surface area (Å²) in [5, 5.41) is 0. The molecule has 0 radical (unpaired) electrons. The number of ether oxygens (including phenoxy) is 1. The third-order valence-corrected chi connectivity index (χ3v) is 2.39. The first kappa shape index (κ1) is 9.40. The van der Waals surface area contributed by atoms with Crippen LogP contribution >= 0.6 is 11.6 Å². The van der Waals surface area contributed by atoms with Gasteiger partial charge >= 0.3 is 0 Å². The van der Waals surface area contributed by atoms with Gasteiger partial charge in [0.05, 0.1) is 13.0 Å². The second-order valence-electron chi connectivity index (χ2n) is 2.83. The van der Waals surface area contributed by atoms with E-state index in [4.69, 9.17) is 16.3 Å². The van der Waals surface area contributed by atoms with Gasteiger partial charge < -0.3 is 4.74 Å². The highest BCUT2D eigenvalue weighted by Gasteiger charge is 2.06. The molecule has 0 aliphatic rings. The molecule has 1 aromatic carbocycles. The Morgan fingerprint density at radius 2 is 2.00 bits per heavy atom. The van der Waals surface area contributed by atoms with Crippen LogP contribution in [0.4, 0.5) is 0 Å². The third-order valence-electron chi connectivity index (χ3n) is 2.11. The normalized spacial score (nSPS) is 10.0. The maximum absolute atomic E-state index is 5.76. The van der Waals surface area contributed by atoms with Crippen molar-refractivity contribution < 1.29 is 4.74 Å². The van der Waals surface area contributed by atoms with Gasteiger partial charge in [0.1, 0.15) is 5.75 Å². The zero-order chi connectivity index (χ0) is 9.14. The predicted octanol–water partition coefficient (Wildman–Crippen LogP) is 3.05. The number of hydrogen-bond donors (Lipinski definition) is 0. The highest BCUT2D eigenvalue weighted by Crippen LogP contribution is 2.26. The molecule has 12 heavy (non-hydrogen) atoms. The number of benzene rings is 1. The maximum Gasteiger partial charge on any atom is 0.126 e. The molecule has 0 aliphatic carbocycles. The van der Waals surface area contributed by atoms with Crippen molar-refractivity contribution in [1.82, 2.24) is 0 Å².